The molecule has 0 atom stereocenters. The predicted molar refractivity (Wildman–Crippen MR) is 56.8 cm³/mol. The van der Waals surface area contributed by atoms with Crippen LogP contribution in [0.3, 0.4) is 0 Å². The van der Waals surface area contributed by atoms with Crippen molar-refractivity contribution < 1.29 is 0 Å². The molecule has 0 amide bonds. The Hall–Kier alpha value is -1.29. The normalized spacial score (nSPS) is 10.6. The predicted octanol–water partition coefficient (Wildman–Crippen LogP) is 1.66. The molecule has 13 heavy (non-hydrogen) atoms. The molecule has 4 heteroatoms. The van der Waals surface area contributed by atoms with Crippen molar-refractivity contribution in [3.63, 3.8) is 0 Å². The number of anilines is 1. The molecule has 2 aromatic rings. The van der Waals surface area contributed by atoms with Gasteiger partial charge in [0.15, 0.2) is 0 Å². The highest BCUT2D eigenvalue weighted by atomic mass is 32.1. The molecule has 0 aromatic carbocycles. The zero-order valence-corrected chi connectivity index (χ0v) is 8.31. The lowest BCUT2D eigenvalue weighted by molar-refractivity contribution is 1.12. The number of rotatable bonds is 1. The summed E-state index contributed by atoms with van der Waals surface area (Å²) in [5.74, 6) is 0. The van der Waals surface area contributed by atoms with Gasteiger partial charge in [-0.3, -0.25) is 4.79 Å². The zero-order valence-electron chi connectivity index (χ0n) is 7.50. The van der Waals surface area contributed by atoms with Crippen molar-refractivity contribution in [2.24, 2.45) is 0 Å². The number of hydrogen-bond donors (Lipinski definition) is 1. The first-order chi connectivity index (χ1) is 6.20. The van der Waals surface area contributed by atoms with Gasteiger partial charge >= 0.3 is 0 Å². The quantitative estimate of drug-likeness (QED) is 0.749. The number of pyridine rings is 1. The van der Waals surface area contributed by atoms with Gasteiger partial charge in [-0.15, -0.1) is 11.3 Å². The minimum Gasteiger partial charge on any atom is -0.375 e. The Morgan fingerprint density at radius 3 is 2.92 bits per heavy atom. The smallest absolute Gasteiger partial charge is 0.256 e. The second-order valence-corrected chi connectivity index (χ2v) is 3.98. The average Bonchev–Trinajstić information content (AvgIpc) is 2.53. The molecule has 0 aliphatic rings. The van der Waals surface area contributed by atoms with Crippen LogP contribution in [0.2, 0.25) is 0 Å². The fourth-order valence-corrected chi connectivity index (χ4v) is 2.29. The molecule has 0 aliphatic carbocycles. The van der Waals surface area contributed by atoms with Crippen LogP contribution in [0.25, 0.3) is 10.1 Å². The summed E-state index contributed by atoms with van der Waals surface area (Å²) in [6.07, 6.45) is 1.75. The van der Waals surface area contributed by atoms with Gasteiger partial charge in [-0.1, -0.05) is 0 Å². The fourth-order valence-electron chi connectivity index (χ4n) is 1.30. The van der Waals surface area contributed by atoms with Crippen LogP contribution in [0, 0.1) is 0 Å². The van der Waals surface area contributed by atoms with Crippen molar-refractivity contribution in [3.8, 4) is 0 Å². The maximum absolute atomic E-state index is 11.3. The first-order valence-electron chi connectivity index (χ1n) is 3.96. The highest BCUT2D eigenvalue weighted by molar-refractivity contribution is 7.17. The van der Waals surface area contributed by atoms with Gasteiger partial charge < -0.3 is 9.88 Å². The van der Waals surface area contributed by atoms with E-state index in [1.54, 1.807) is 17.5 Å². The molecule has 0 aliphatic heterocycles. The van der Waals surface area contributed by atoms with Gasteiger partial charge in [-0.05, 0) is 11.4 Å². The van der Waals surface area contributed by atoms with Crippen molar-refractivity contribution in [3.05, 3.63) is 28.0 Å². The number of nitrogens with zero attached hydrogens (tertiary/aromatic N) is 1. The first-order valence-corrected chi connectivity index (χ1v) is 4.84. The monoisotopic (exact) mass is 194 g/mol. The number of aromatic nitrogens is 1. The number of fused-ring (bicyclic) bond motifs is 1. The molecule has 0 bridgehead atoms. The van der Waals surface area contributed by atoms with Crippen molar-refractivity contribution in [2.75, 3.05) is 19.0 Å². The third-order valence-electron chi connectivity index (χ3n) is 1.96. The van der Waals surface area contributed by atoms with E-state index in [1.165, 1.54) is 0 Å². The van der Waals surface area contributed by atoms with E-state index < -0.39 is 0 Å². The highest BCUT2D eigenvalue weighted by Crippen LogP contribution is 2.26. The third-order valence-corrected chi connectivity index (χ3v) is 2.90. The number of aromatic amines is 1. The summed E-state index contributed by atoms with van der Waals surface area (Å²) in [4.78, 5) is 16.1. The topological polar surface area (TPSA) is 36.1 Å². The number of H-pyrrole nitrogens is 1. The van der Waals surface area contributed by atoms with Crippen LogP contribution in [-0.2, 0) is 0 Å². The Morgan fingerprint density at radius 1 is 1.46 bits per heavy atom. The summed E-state index contributed by atoms with van der Waals surface area (Å²) in [6.45, 7) is 0. The molecule has 0 unspecified atom stereocenters. The van der Waals surface area contributed by atoms with Gasteiger partial charge in [-0.2, -0.15) is 0 Å². The van der Waals surface area contributed by atoms with Gasteiger partial charge in [0.05, 0.1) is 15.8 Å². The third kappa shape index (κ3) is 1.23. The van der Waals surface area contributed by atoms with Crippen molar-refractivity contribution in [1.82, 2.24) is 4.98 Å². The Labute approximate surface area is 79.6 Å². The van der Waals surface area contributed by atoms with Crippen LogP contribution in [-0.4, -0.2) is 19.1 Å². The molecule has 0 fully saturated rings. The summed E-state index contributed by atoms with van der Waals surface area (Å²) in [7, 11) is 3.93. The number of nitrogens with one attached hydrogen (secondary N) is 1. The second-order valence-electron chi connectivity index (χ2n) is 3.06. The lowest BCUT2D eigenvalue weighted by Crippen LogP contribution is -2.12. The molecular weight excluding hydrogens is 184 g/mol. The van der Waals surface area contributed by atoms with Crippen molar-refractivity contribution in [1.29, 1.82) is 0 Å². The molecule has 2 heterocycles. The fraction of sp³-hybridized carbons (Fsp3) is 0.222. The lowest BCUT2D eigenvalue weighted by Gasteiger charge is -2.12. The van der Waals surface area contributed by atoms with E-state index in [1.807, 2.05) is 30.4 Å². The minimum absolute atomic E-state index is 0.0122. The molecule has 2 aromatic heterocycles. The van der Waals surface area contributed by atoms with Crippen LogP contribution in [0.5, 0.6) is 0 Å². The van der Waals surface area contributed by atoms with Crippen molar-refractivity contribution >= 4 is 27.1 Å². The van der Waals surface area contributed by atoms with E-state index >= 15 is 0 Å². The van der Waals surface area contributed by atoms with E-state index in [4.69, 9.17) is 0 Å². The first kappa shape index (κ1) is 8.31. The van der Waals surface area contributed by atoms with Crippen molar-refractivity contribution in [2.45, 2.75) is 0 Å². The summed E-state index contributed by atoms with van der Waals surface area (Å²) < 4.78 is 1.05. The molecule has 3 nitrogen and oxygen atoms in total. The van der Waals surface area contributed by atoms with Gasteiger partial charge in [0, 0.05) is 20.3 Å². The largest absolute Gasteiger partial charge is 0.375 e. The SMILES string of the molecule is CN(C)c1c[nH]c(=O)c2ccsc12. The van der Waals surface area contributed by atoms with E-state index in [0.717, 1.165) is 15.8 Å². The van der Waals surface area contributed by atoms with E-state index in [9.17, 15) is 4.79 Å². The second kappa shape index (κ2) is 2.88. The maximum Gasteiger partial charge on any atom is 0.256 e. The summed E-state index contributed by atoms with van der Waals surface area (Å²) >= 11 is 1.59. The van der Waals surface area contributed by atoms with E-state index in [2.05, 4.69) is 4.98 Å². The lowest BCUT2D eigenvalue weighted by atomic mass is 10.3. The van der Waals surface area contributed by atoms with Gasteiger partial charge in [0.1, 0.15) is 0 Å². The Kier molecular flexibility index (Phi) is 1.84. The van der Waals surface area contributed by atoms with E-state index in [0.29, 0.717) is 0 Å². The van der Waals surface area contributed by atoms with Crippen LogP contribution < -0.4 is 10.5 Å². The molecule has 1 N–H and O–H groups in total. The Balaban J connectivity index is 2.86. The summed E-state index contributed by atoms with van der Waals surface area (Å²) in [6, 6.07) is 1.85. The molecule has 2 rings (SSSR count). The molecule has 0 spiro atoms. The standard InChI is InChI=1S/C9H10N2OS/c1-11(2)7-5-10-9(12)6-3-4-13-8(6)7/h3-5H,1-2H3,(H,10,12). The minimum atomic E-state index is -0.0122. The molecule has 0 saturated heterocycles. The van der Waals surface area contributed by atoms with Gasteiger partial charge in [0.2, 0.25) is 0 Å². The van der Waals surface area contributed by atoms with Crippen LogP contribution >= 0.6 is 11.3 Å². The van der Waals surface area contributed by atoms with E-state index in [-0.39, 0.29) is 5.56 Å². The molecule has 68 valence electrons. The van der Waals surface area contributed by atoms with Gasteiger partial charge in [0.25, 0.3) is 5.56 Å². The van der Waals surface area contributed by atoms with Crippen LogP contribution in [0.15, 0.2) is 22.4 Å². The maximum atomic E-state index is 11.3. The number of hydrogen-bond acceptors (Lipinski definition) is 3. The Bertz CT molecular complexity index is 484. The Morgan fingerprint density at radius 2 is 2.23 bits per heavy atom. The number of thiophene rings is 1. The van der Waals surface area contributed by atoms with Crippen LogP contribution in [0.4, 0.5) is 5.69 Å². The molecular formula is C9H10N2OS. The summed E-state index contributed by atoms with van der Waals surface area (Å²) in [5, 5.41) is 2.71. The van der Waals surface area contributed by atoms with Crippen LogP contribution in [0.1, 0.15) is 0 Å². The molecule has 0 radical (unpaired) electrons. The zero-order chi connectivity index (χ0) is 9.42. The van der Waals surface area contributed by atoms with Gasteiger partial charge in [-0.25, -0.2) is 0 Å². The highest BCUT2D eigenvalue weighted by Gasteiger charge is 2.06. The summed E-state index contributed by atoms with van der Waals surface area (Å²) in [5.41, 5.74) is 1.05. The molecule has 0 saturated carbocycles. The average molecular weight is 194 g/mol.